The van der Waals surface area contributed by atoms with Crippen molar-refractivity contribution in [1.82, 2.24) is 5.32 Å². The molecule has 2 fully saturated rings. The Bertz CT molecular complexity index is 510. The minimum Gasteiger partial charge on any atom is -0.353 e. The van der Waals surface area contributed by atoms with Crippen LogP contribution < -0.4 is 5.32 Å². The van der Waals surface area contributed by atoms with E-state index in [0.717, 1.165) is 19.3 Å². The van der Waals surface area contributed by atoms with Gasteiger partial charge in [0.1, 0.15) is 0 Å². The molecule has 118 valence electrons. The van der Waals surface area contributed by atoms with E-state index in [9.17, 15) is 4.79 Å². The maximum absolute atomic E-state index is 12.7. The van der Waals surface area contributed by atoms with E-state index in [0.29, 0.717) is 11.9 Å². The van der Waals surface area contributed by atoms with Gasteiger partial charge in [-0.15, -0.1) is 0 Å². The lowest BCUT2D eigenvalue weighted by molar-refractivity contribution is -0.136. The third-order valence-corrected chi connectivity index (χ3v) is 5.35. The van der Waals surface area contributed by atoms with Gasteiger partial charge in [0.05, 0.1) is 5.41 Å². The van der Waals surface area contributed by atoms with Crippen LogP contribution in [0.2, 0.25) is 0 Å². The van der Waals surface area contributed by atoms with Crippen LogP contribution in [-0.2, 0) is 4.79 Å². The van der Waals surface area contributed by atoms with Crippen LogP contribution >= 0.6 is 0 Å². The van der Waals surface area contributed by atoms with E-state index < -0.39 is 0 Å². The standard InChI is InChI=1S/C20H27NO/c22-19(21-18-12-5-2-6-13-18)20(15-8-16-20)14-7-11-17-9-3-1-4-10-17/h1,3-4,7,9-11,18H,2,5-6,8,12-16H2,(H,21,22). The van der Waals surface area contributed by atoms with Crippen LogP contribution in [0.25, 0.3) is 6.08 Å². The second kappa shape index (κ2) is 7.13. The topological polar surface area (TPSA) is 29.1 Å². The number of rotatable bonds is 5. The third-order valence-electron chi connectivity index (χ3n) is 5.35. The minimum absolute atomic E-state index is 0.122. The van der Waals surface area contributed by atoms with Crippen molar-refractivity contribution < 1.29 is 4.79 Å². The molecule has 0 aromatic heterocycles. The van der Waals surface area contributed by atoms with Gasteiger partial charge in [-0.2, -0.15) is 0 Å². The molecular formula is C20H27NO. The van der Waals surface area contributed by atoms with Gasteiger partial charge in [-0.05, 0) is 37.7 Å². The van der Waals surface area contributed by atoms with Crippen LogP contribution in [0.1, 0.15) is 63.4 Å². The van der Waals surface area contributed by atoms with Gasteiger partial charge in [0.2, 0.25) is 5.91 Å². The zero-order valence-electron chi connectivity index (χ0n) is 13.4. The van der Waals surface area contributed by atoms with E-state index in [-0.39, 0.29) is 5.41 Å². The number of nitrogens with one attached hydrogen (secondary N) is 1. The van der Waals surface area contributed by atoms with Gasteiger partial charge in [0, 0.05) is 6.04 Å². The molecule has 0 bridgehead atoms. The number of hydrogen-bond acceptors (Lipinski definition) is 1. The predicted octanol–water partition coefficient (Wildman–Crippen LogP) is 4.71. The maximum atomic E-state index is 12.7. The normalized spacial score (nSPS) is 21.5. The molecule has 2 saturated carbocycles. The number of hydrogen-bond donors (Lipinski definition) is 1. The van der Waals surface area contributed by atoms with Crippen molar-refractivity contribution in [2.24, 2.45) is 5.41 Å². The SMILES string of the molecule is O=C(NC1CCCCC1)C1(CC=Cc2ccccc2)CCC1. The van der Waals surface area contributed by atoms with Crippen LogP contribution in [0.3, 0.4) is 0 Å². The van der Waals surface area contributed by atoms with Gasteiger partial charge in [-0.1, -0.05) is 68.2 Å². The Balaban J connectivity index is 1.56. The zero-order valence-corrected chi connectivity index (χ0v) is 13.4. The summed E-state index contributed by atoms with van der Waals surface area (Å²) in [6, 6.07) is 10.8. The van der Waals surface area contributed by atoms with Crippen molar-refractivity contribution in [3.63, 3.8) is 0 Å². The second-order valence-electron chi connectivity index (χ2n) is 6.96. The monoisotopic (exact) mass is 297 g/mol. The first-order chi connectivity index (χ1) is 10.8. The number of amides is 1. The first-order valence-electron chi connectivity index (χ1n) is 8.81. The molecule has 1 aromatic rings. The van der Waals surface area contributed by atoms with Gasteiger partial charge in [-0.3, -0.25) is 4.79 Å². The highest BCUT2D eigenvalue weighted by atomic mass is 16.2. The highest BCUT2D eigenvalue weighted by Crippen LogP contribution is 2.45. The van der Waals surface area contributed by atoms with E-state index in [1.807, 2.05) is 6.07 Å². The zero-order chi connectivity index (χ0) is 15.3. The fourth-order valence-electron chi connectivity index (χ4n) is 3.70. The molecule has 0 atom stereocenters. The number of benzene rings is 1. The molecule has 2 nitrogen and oxygen atoms in total. The minimum atomic E-state index is -0.122. The largest absolute Gasteiger partial charge is 0.353 e. The maximum Gasteiger partial charge on any atom is 0.226 e. The molecule has 0 saturated heterocycles. The average Bonchev–Trinajstić information content (AvgIpc) is 2.52. The molecule has 1 N–H and O–H groups in total. The third kappa shape index (κ3) is 3.60. The quantitative estimate of drug-likeness (QED) is 0.838. The summed E-state index contributed by atoms with van der Waals surface area (Å²) in [4.78, 5) is 12.7. The average molecular weight is 297 g/mol. The van der Waals surface area contributed by atoms with E-state index in [1.54, 1.807) is 0 Å². The van der Waals surface area contributed by atoms with Gasteiger partial charge in [0.15, 0.2) is 0 Å². The van der Waals surface area contributed by atoms with Crippen molar-refractivity contribution >= 4 is 12.0 Å². The van der Waals surface area contributed by atoms with Crippen molar-refractivity contribution in [3.8, 4) is 0 Å². The molecule has 0 heterocycles. The summed E-state index contributed by atoms with van der Waals surface area (Å²) in [6.45, 7) is 0. The molecule has 3 rings (SSSR count). The molecule has 2 aliphatic rings. The van der Waals surface area contributed by atoms with Crippen LogP contribution in [0, 0.1) is 5.41 Å². The van der Waals surface area contributed by atoms with Crippen LogP contribution in [0.15, 0.2) is 36.4 Å². The summed E-state index contributed by atoms with van der Waals surface area (Å²) in [7, 11) is 0. The number of carbonyl (C=O) groups excluding carboxylic acids is 1. The van der Waals surface area contributed by atoms with Crippen molar-refractivity contribution in [1.29, 1.82) is 0 Å². The summed E-state index contributed by atoms with van der Waals surface area (Å²) < 4.78 is 0. The van der Waals surface area contributed by atoms with E-state index >= 15 is 0 Å². The summed E-state index contributed by atoms with van der Waals surface area (Å²) in [5.41, 5.74) is 1.09. The fourth-order valence-corrected chi connectivity index (χ4v) is 3.70. The molecule has 1 aromatic carbocycles. The van der Waals surface area contributed by atoms with Crippen molar-refractivity contribution in [3.05, 3.63) is 42.0 Å². The predicted molar refractivity (Wildman–Crippen MR) is 91.4 cm³/mol. The first kappa shape index (κ1) is 15.3. The molecule has 0 spiro atoms. The van der Waals surface area contributed by atoms with Crippen molar-refractivity contribution in [2.75, 3.05) is 0 Å². The molecule has 0 radical (unpaired) electrons. The Morgan fingerprint density at radius 2 is 1.82 bits per heavy atom. The van der Waals surface area contributed by atoms with Crippen molar-refractivity contribution in [2.45, 2.75) is 63.8 Å². The second-order valence-corrected chi connectivity index (χ2v) is 6.96. The van der Waals surface area contributed by atoms with Crippen LogP contribution in [0.5, 0.6) is 0 Å². The summed E-state index contributed by atoms with van der Waals surface area (Å²) in [5, 5.41) is 3.34. The van der Waals surface area contributed by atoms with Gasteiger partial charge < -0.3 is 5.32 Å². The molecule has 2 aliphatic carbocycles. The van der Waals surface area contributed by atoms with Gasteiger partial charge in [0.25, 0.3) is 0 Å². The van der Waals surface area contributed by atoms with E-state index in [4.69, 9.17) is 0 Å². The summed E-state index contributed by atoms with van der Waals surface area (Å²) >= 11 is 0. The van der Waals surface area contributed by atoms with Crippen LogP contribution in [0.4, 0.5) is 0 Å². The number of carbonyl (C=O) groups is 1. The highest BCUT2D eigenvalue weighted by molar-refractivity contribution is 5.84. The molecular weight excluding hydrogens is 270 g/mol. The highest BCUT2D eigenvalue weighted by Gasteiger charge is 2.43. The summed E-state index contributed by atoms with van der Waals surface area (Å²) in [5.74, 6) is 0.309. The molecule has 0 unspecified atom stereocenters. The Morgan fingerprint density at radius 1 is 1.09 bits per heavy atom. The first-order valence-corrected chi connectivity index (χ1v) is 8.81. The van der Waals surface area contributed by atoms with Crippen LogP contribution in [-0.4, -0.2) is 11.9 Å². The Labute approximate surface area is 134 Å². The Morgan fingerprint density at radius 3 is 2.45 bits per heavy atom. The van der Waals surface area contributed by atoms with Gasteiger partial charge >= 0.3 is 0 Å². The fraction of sp³-hybridized carbons (Fsp3) is 0.550. The summed E-state index contributed by atoms with van der Waals surface area (Å²) in [6.07, 6.45) is 14.7. The Hall–Kier alpha value is -1.57. The lowest BCUT2D eigenvalue weighted by Crippen LogP contribution is -2.49. The number of allylic oxidation sites excluding steroid dienone is 1. The lowest BCUT2D eigenvalue weighted by atomic mass is 9.65. The van der Waals surface area contributed by atoms with E-state index in [1.165, 1.54) is 44.1 Å². The van der Waals surface area contributed by atoms with Gasteiger partial charge in [-0.25, -0.2) is 0 Å². The molecule has 2 heteroatoms. The molecule has 1 amide bonds. The molecule has 0 aliphatic heterocycles. The van der Waals surface area contributed by atoms with E-state index in [2.05, 4.69) is 41.7 Å². The lowest BCUT2D eigenvalue weighted by Gasteiger charge is -2.41. The Kier molecular flexibility index (Phi) is 4.97. The molecule has 22 heavy (non-hydrogen) atoms. The smallest absolute Gasteiger partial charge is 0.226 e.